The maximum atomic E-state index is 4.66. The standard InChI is InChI=1S/4CH3NS2.Pt/c4*2-1(3)4;/h4*(H3,2,3,4);/q;;;;+4/p-4. The first-order chi connectivity index (χ1) is 6.93. The van der Waals surface area contributed by atoms with Gasteiger partial charge in [-0.25, -0.2) is 0 Å². The van der Waals surface area contributed by atoms with Gasteiger partial charge < -0.3 is 122 Å². The molecule has 0 aliphatic rings. The second-order valence-electron chi connectivity index (χ2n) is 1.28. The first-order valence-corrected chi connectivity index (χ1v) is 6.05. The largest absolute Gasteiger partial charge is 4.00 e. The van der Waals surface area contributed by atoms with Crippen LogP contribution >= 0.6 is 48.9 Å². The Morgan fingerprint density at radius 3 is 0.529 bits per heavy atom. The van der Waals surface area contributed by atoms with Gasteiger partial charge >= 0.3 is 21.1 Å². The number of hydrogen-bond donors (Lipinski definition) is 4. The smallest absolute Gasteiger partial charge is 0.415 e. The second kappa shape index (κ2) is 25.9. The number of rotatable bonds is 0. The Morgan fingerprint density at radius 1 is 0.529 bits per heavy atom. The van der Waals surface area contributed by atoms with Crippen molar-refractivity contribution in [2.24, 2.45) is 22.9 Å². The molecule has 0 aromatic rings. The van der Waals surface area contributed by atoms with E-state index in [4.69, 9.17) is 0 Å². The minimum absolute atomic E-state index is 0. The molecule has 0 fully saturated rings. The fraction of sp³-hybridized carbons (Fsp3) is 0. The number of hydrogen-bond acceptors (Lipinski definition) is 8. The fourth-order valence-corrected chi connectivity index (χ4v) is 0. The molecule has 0 saturated heterocycles. The molecule has 17 heavy (non-hydrogen) atoms. The summed E-state index contributed by atoms with van der Waals surface area (Å²) in [7, 11) is 0. The molecular formula is C4H8N4PtS8. The predicted octanol–water partition coefficient (Wildman–Crippen LogP) is -0.895. The molecule has 0 aliphatic heterocycles. The van der Waals surface area contributed by atoms with Crippen molar-refractivity contribution in [2.45, 2.75) is 0 Å². The second-order valence-corrected chi connectivity index (χ2v) is 5.83. The van der Waals surface area contributed by atoms with Crippen molar-refractivity contribution >= 4 is 117 Å². The van der Waals surface area contributed by atoms with Gasteiger partial charge in [-0.15, -0.1) is 0 Å². The third kappa shape index (κ3) is 3080. The van der Waals surface area contributed by atoms with Crippen LogP contribution in [0.15, 0.2) is 0 Å². The quantitative estimate of drug-likeness (QED) is 0.217. The summed E-state index contributed by atoms with van der Waals surface area (Å²) in [5.41, 5.74) is 18.6. The van der Waals surface area contributed by atoms with E-state index in [9.17, 15) is 0 Å². The van der Waals surface area contributed by atoms with Crippen LogP contribution in [0.4, 0.5) is 0 Å². The fourth-order valence-electron chi connectivity index (χ4n) is 0. The summed E-state index contributed by atoms with van der Waals surface area (Å²) in [6, 6.07) is 0. The van der Waals surface area contributed by atoms with Crippen LogP contribution in [-0.4, -0.2) is 17.3 Å². The molecule has 8 N–H and O–H groups in total. The third-order valence-corrected chi connectivity index (χ3v) is 0. The summed E-state index contributed by atoms with van der Waals surface area (Å²) in [6.07, 6.45) is 0. The van der Waals surface area contributed by atoms with E-state index in [-0.39, 0.29) is 38.3 Å². The van der Waals surface area contributed by atoms with Gasteiger partial charge in [-0.3, -0.25) is 0 Å². The number of nitrogens with two attached hydrogens (primary N) is 4. The summed E-state index contributed by atoms with van der Waals surface area (Å²) in [6.45, 7) is 0. The van der Waals surface area contributed by atoms with Crippen molar-refractivity contribution in [1.82, 2.24) is 0 Å². The van der Waals surface area contributed by atoms with E-state index in [0.29, 0.717) is 0 Å². The molecule has 0 rings (SSSR count). The summed E-state index contributed by atoms with van der Waals surface area (Å²) in [5, 5.41) is 0. The van der Waals surface area contributed by atoms with Crippen molar-refractivity contribution in [3.05, 3.63) is 0 Å². The van der Waals surface area contributed by atoms with Crippen molar-refractivity contribution < 1.29 is 21.1 Å². The van der Waals surface area contributed by atoms with E-state index in [1.807, 2.05) is 0 Å². The maximum Gasteiger partial charge on any atom is 4.00 e. The summed E-state index contributed by atoms with van der Waals surface area (Å²) in [5.74, 6) is 0. The average molecular weight is 564 g/mol. The Hall–Kier alpha value is 1.13. The van der Waals surface area contributed by atoms with Gasteiger partial charge in [0.25, 0.3) is 0 Å². The molecule has 0 amide bonds. The van der Waals surface area contributed by atoms with Crippen LogP contribution in [0.3, 0.4) is 0 Å². The van der Waals surface area contributed by atoms with Gasteiger partial charge in [0.15, 0.2) is 0 Å². The molecular weight excluding hydrogens is 556 g/mol. The van der Waals surface area contributed by atoms with Crippen molar-refractivity contribution in [1.29, 1.82) is 0 Å². The Bertz CT molecular complexity index is 170. The Balaban J connectivity index is -0.0000000369. The maximum absolute atomic E-state index is 4.66. The van der Waals surface area contributed by atoms with Crippen LogP contribution in [0.25, 0.3) is 0 Å². The van der Waals surface area contributed by atoms with Crippen molar-refractivity contribution in [3.8, 4) is 0 Å². The van der Waals surface area contributed by atoms with E-state index in [0.717, 1.165) is 0 Å². The van der Waals surface area contributed by atoms with Gasteiger partial charge in [0.05, 0.1) is 0 Å². The molecule has 0 aliphatic carbocycles. The van der Waals surface area contributed by atoms with E-state index < -0.39 is 0 Å². The Kier molecular flexibility index (Phi) is 46.9. The minimum atomic E-state index is 0. The monoisotopic (exact) mass is 563 g/mol. The Labute approximate surface area is 159 Å². The SMILES string of the molecule is NC(=S)[S-].NC(=S)[S-].NC(=S)[S-].NC(=S)[S-].[Pt+4]. The van der Waals surface area contributed by atoms with Gasteiger partial charge in [-0.2, -0.15) is 0 Å². The number of thiocarbonyl (C=S) groups is 4. The van der Waals surface area contributed by atoms with Crippen LogP contribution < -0.4 is 22.9 Å². The first-order valence-electron chi connectivity index (χ1n) is 2.79. The third-order valence-electron chi connectivity index (χ3n) is 0. The molecule has 0 radical (unpaired) electrons. The molecule has 0 saturated carbocycles. The van der Waals surface area contributed by atoms with Gasteiger partial charge in [-0.05, 0) is 0 Å². The normalized spacial score (nSPS) is 5.65. The van der Waals surface area contributed by atoms with Gasteiger partial charge in [-0.1, -0.05) is 17.3 Å². The van der Waals surface area contributed by atoms with Crippen LogP contribution in [-0.2, 0) is 71.6 Å². The van der Waals surface area contributed by atoms with Crippen LogP contribution in [0.2, 0.25) is 0 Å². The molecule has 0 unspecified atom stereocenters. The first kappa shape index (κ1) is 30.9. The van der Waals surface area contributed by atoms with Gasteiger partial charge in [0.2, 0.25) is 0 Å². The molecule has 4 nitrogen and oxygen atoms in total. The molecule has 0 heterocycles. The topological polar surface area (TPSA) is 104 Å². The van der Waals surface area contributed by atoms with E-state index >= 15 is 0 Å². The zero-order chi connectivity index (χ0) is 14.3. The zero-order valence-electron chi connectivity index (χ0n) is 7.89. The van der Waals surface area contributed by atoms with Crippen LogP contribution in [0, 0.1) is 0 Å². The van der Waals surface area contributed by atoms with Crippen LogP contribution in [0.5, 0.6) is 0 Å². The summed E-state index contributed by atoms with van der Waals surface area (Å²) < 4.78 is 0.333. The van der Waals surface area contributed by atoms with E-state index in [2.05, 4.69) is 122 Å². The summed E-state index contributed by atoms with van der Waals surface area (Å²) in [4.78, 5) is 0. The molecule has 0 aromatic heterocycles. The average Bonchev–Trinajstić information content (AvgIpc) is 1.76. The van der Waals surface area contributed by atoms with E-state index in [1.165, 1.54) is 0 Å². The molecule has 13 heteroatoms. The predicted molar refractivity (Wildman–Crippen MR) is 96.6 cm³/mol. The van der Waals surface area contributed by atoms with Gasteiger partial charge in [0, 0.05) is 0 Å². The zero-order valence-corrected chi connectivity index (χ0v) is 16.7. The van der Waals surface area contributed by atoms with Crippen LogP contribution in [0.1, 0.15) is 0 Å². The molecule has 0 bridgehead atoms. The Morgan fingerprint density at radius 2 is 0.529 bits per heavy atom. The molecule has 102 valence electrons. The van der Waals surface area contributed by atoms with Gasteiger partial charge in [0.1, 0.15) is 0 Å². The molecule has 0 atom stereocenters. The minimum Gasteiger partial charge on any atom is -0.415 e. The molecule has 0 aromatic carbocycles. The van der Waals surface area contributed by atoms with Crippen molar-refractivity contribution in [2.75, 3.05) is 0 Å². The molecule has 0 spiro atoms. The van der Waals surface area contributed by atoms with E-state index in [1.54, 1.807) is 0 Å². The summed E-state index contributed by atoms with van der Waals surface area (Å²) >= 11 is 33.0. The van der Waals surface area contributed by atoms with Crippen molar-refractivity contribution in [3.63, 3.8) is 0 Å².